The number of nitrogens with zero attached hydrogens (tertiary/aromatic N) is 3. The molecule has 10 nitrogen and oxygen atoms in total. The number of halogens is 3. The number of piperidine rings is 1. The first-order chi connectivity index (χ1) is 21.9. The molecule has 14 heteroatoms. The Bertz CT molecular complexity index is 1730. The largest absolute Gasteiger partial charge is 0.493 e. The molecule has 4 rings (SSSR count). The molecule has 0 atom stereocenters. The van der Waals surface area contributed by atoms with Crippen molar-refractivity contribution in [2.45, 2.75) is 70.7 Å². The van der Waals surface area contributed by atoms with Crippen LogP contribution in [-0.4, -0.2) is 78.3 Å². The molecule has 1 spiro atoms. The molecule has 0 aliphatic carbocycles. The van der Waals surface area contributed by atoms with Crippen LogP contribution in [0, 0.1) is 19.3 Å². The fraction of sp³-hybridized carbons (Fsp3) is 0.455. The van der Waals surface area contributed by atoms with E-state index in [9.17, 15) is 36.0 Å². The number of carbonyl (C=O) groups is 3. The summed E-state index contributed by atoms with van der Waals surface area (Å²) in [7, 11) is -3.79. The molecule has 2 amide bonds. The van der Waals surface area contributed by atoms with E-state index in [4.69, 9.17) is 15.9 Å². The number of benzene rings is 2. The molecule has 2 heterocycles. The van der Waals surface area contributed by atoms with Crippen molar-refractivity contribution < 1.29 is 45.4 Å². The van der Waals surface area contributed by atoms with Crippen LogP contribution in [0.1, 0.15) is 72.6 Å². The Kier molecular flexibility index (Phi) is 10.2. The molecular weight excluding hydrogens is 639 g/mol. The van der Waals surface area contributed by atoms with Crippen LogP contribution >= 0.6 is 0 Å². The fourth-order valence-corrected chi connectivity index (χ4v) is 6.87. The Morgan fingerprint density at radius 2 is 1.81 bits per heavy atom. The van der Waals surface area contributed by atoms with Gasteiger partial charge in [-0.3, -0.25) is 14.6 Å². The van der Waals surface area contributed by atoms with Gasteiger partial charge in [-0.1, -0.05) is 6.07 Å². The van der Waals surface area contributed by atoms with Gasteiger partial charge in [-0.15, -0.1) is 12.3 Å². The minimum Gasteiger partial charge on any atom is -0.493 e. The molecule has 2 aromatic rings. The minimum atomic E-state index is -4.76. The van der Waals surface area contributed by atoms with Crippen LogP contribution in [-0.2, 0) is 36.9 Å². The fourth-order valence-electron chi connectivity index (χ4n) is 5.40. The van der Waals surface area contributed by atoms with Gasteiger partial charge in [0.2, 0.25) is 16.4 Å². The number of terminal acetylenes is 1. The Labute approximate surface area is 272 Å². The standard InChI is InChI=1S/C33H36F3N3O7S/c1-6-7-15-45-27-19-25(18-26(20-27)33(34,35)36)28-37-32(30(42)39(28)21-40)11-13-38(14-12-32)47(43,44)16-10-23-8-9-24(17-22(23)2)29(41)46-31(3,4)5/h1,8-9,17-21H,7,10-16H2,2-5H3. The van der Waals surface area contributed by atoms with Crippen LogP contribution in [0.5, 0.6) is 5.75 Å². The minimum absolute atomic E-state index is 0.0503. The number of esters is 1. The van der Waals surface area contributed by atoms with E-state index in [1.54, 1.807) is 45.9 Å². The topological polar surface area (TPSA) is 123 Å². The number of hydrogen-bond acceptors (Lipinski definition) is 8. The summed E-state index contributed by atoms with van der Waals surface area (Å²) in [6.07, 6.45) is 0.797. The summed E-state index contributed by atoms with van der Waals surface area (Å²) in [5.41, 5.74) is -1.58. The second kappa shape index (κ2) is 13.5. The van der Waals surface area contributed by atoms with Gasteiger partial charge in [-0.05, 0) is 88.4 Å². The van der Waals surface area contributed by atoms with Crippen molar-refractivity contribution in [3.63, 3.8) is 0 Å². The Balaban J connectivity index is 1.49. The molecule has 1 fully saturated rings. The first kappa shape index (κ1) is 35.6. The van der Waals surface area contributed by atoms with E-state index in [2.05, 4.69) is 10.9 Å². The quantitative estimate of drug-likeness (QED) is 0.157. The number of hydrogen-bond donors (Lipinski definition) is 0. The molecule has 0 N–H and O–H groups in total. The van der Waals surface area contributed by atoms with Crippen LogP contribution in [0.25, 0.3) is 0 Å². The first-order valence-electron chi connectivity index (χ1n) is 14.9. The van der Waals surface area contributed by atoms with E-state index in [1.807, 2.05) is 0 Å². The normalized spacial score (nSPS) is 16.9. The molecular formula is C33H36F3N3O7S. The van der Waals surface area contributed by atoms with Gasteiger partial charge in [-0.25, -0.2) is 22.4 Å². The molecule has 2 aromatic carbocycles. The summed E-state index contributed by atoms with van der Waals surface area (Å²) in [5.74, 6) is 0.424. The van der Waals surface area contributed by atoms with Crippen molar-refractivity contribution in [1.29, 1.82) is 0 Å². The van der Waals surface area contributed by atoms with E-state index in [0.29, 0.717) is 10.5 Å². The van der Waals surface area contributed by atoms with Crippen molar-refractivity contribution in [2.75, 3.05) is 25.4 Å². The maximum Gasteiger partial charge on any atom is 0.416 e. The zero-order valence-electron chi connectivity index (χ0n) is 26.5. The average molecular weight is 676 g/mol. The van der Waals surface area contributed by atoms with Gasteiger partial charge in [0.25, 0.3) is 5.91 Å². The molecule has 252 valence electrons. The highest BCUT2D eigenvalue weighted by atomic mass is 32.2. The van der Waals surface area contributed by atoms with Crippen LogP contribution in [0.4, 0.5) is 13.2 Å². The van der Waals surface area contributed by atoms with E-state index in [-0.39, 0.29) is 74.7 Å². The number of sulfonamides is 1. The summed E-state index contributed by atoms with van der Waals surface area (Å²) in [6.45, 7) is 6.84. The lowest BCUT2D eigenvalue weighted by Crippen LogP contribution is -2.51. The smallest absolute Gasteiger partial charge is 0.416 e. The van der Waals surface area contributed by atoms with Gasteiger partial charge < -0.3 is 9.47 Å². The SMILES string of the molecule is C#CCCOc1cc(C2=NC3(CCN(S(=O)(=O)CCc4ccc(C(=O)OC(C)(C)C)cc4C)CC3)C(=O)N2C=O)cc(C(F)(F)F)c1. The van der Waals surface area contributed by atoms with Gasteiger partial charge in [0.1, 0.15) is 22.7 Å². The molecule has 47 heavy (non-hydrogen) atoms. The zero-order valence-corrected chi connectivity index (χ0v) is 27.3. The molecule has 0 unspecified atom stereocenters. The summed E-state index contributed by atoms with van der Waals surface area (Å²) < 4.78 is 79.8. The lowest BCUT2D eigenvalue weighted by molar-refractivity contribution is -0.138. The number of aliphatic imine (C=N–C) groups is 1. The van der Waals surface area contributed by atoms with E-state index in [1.165, 1.54) is 10.4 Å². The lowest BCUT2D eigenvalue weighted by Gasteiger charge is -2.35. The Morgan fingerprint density at radius 3 is 2.38 bits per heavy atom. The predicted molar refractivity (Wildman–Crippen MR) is 167 cm³/mol. The average Bonchev–Trinajstić information content (AvgIpc) is 3.25. The van der Waals surface area contributed by atoms with Crippen molar-refractivity contribution in [3.8, 4) is 18.1 Å². The van der Waals surface area contributed by atoms with Crippen LogP contribution in [0.2, 0.25) is 0 Å². The Hall–Kier alpha value is -4.22. The monoisotopic (exact) mass is 675 g/mol. The molecule has 0 saturated carbocycles. The Morgan fingerprint density at radius 1 is 1.13 bits per heavy atom. The van der Waals surface area contributed by atoms with Crippen molar-refractivity contribution >= 4 is 34.1 Å². The highest BCUT2D eigenvalue weighted by Crippen LogP contribution is 2.38. The molecule has 0 radical (unpaired) electrons. The maximum atomic E-state index is 13.7. The number of ether oxygens (including phenoxy) is 2. The summed E-state index contributed by atoms with van der Waals surface area (Å²) in [6, 6.07) is 7.74. The number of imide groups is 1. The van der Waals surface area contributed by atoms with Gasteiger partial charge in [0.15, 0.2) is 0 Å². The van der Waals surface area contributed by atoms with Crippen molar-refractivity contribution in [2.24, 2.45) is 4.99 Å². The number of amides is 2. The molecule has 0 aromatic heterocycles. The van der Waals surface area contributed by atoms with E-state index < -0.39 is 44.8 Å². The second-order valence-electron chi connectivity index (χ2n) is 12.4. The number of alkyl halides is 3. The molecule has 2 aliphatic rings. The first-order valence-corrected chi connectivity index (χ1v) is 16.5. The number of carbonyl (C=O) groups excluding carboxylic acids is 3. The highest BCUT2D eigenvalue weighted by Gasteiger charge is 2.51. The summed E-state index contributed by atoms with van der Waals surface area (Å²) >= 11 is 0. The molecule has 0 bridgehead atoms. The van der Waals surface area contributed by atoms with Gasteiger partial charge in [0, 0.05) is 25.1 Å². The van der Waals surface area contributed by atoms with Crippen molar-refractivity contribution in [1.82, 2.24) is 9.21 Å². The number of amidine groups is 1. The predicted octanol–water partition coefficient (Wildman–Crippen LogP) is 4.52. The highest BCUT2D eigenvalue weighted by molar-refractivity contribution is 7.89. The van der Waals surface area contributed by atoms with Crippen LogP contribution < -0.4 is 4.74 Å². The van der Waals surface area contributed by atoms with Crippen LogP contribution in [0.15, 0.2) is 41.4 Å². The zero-order chi connectivity index (χ0) is 34.8. The third kappa shape index (κ3) is 8.20. The lowest BCUT2D eigenvalue weighted by atomic mass is 9.89. The van der Waals surface area contributed by atoms with E-state index >= 15 is 0 Å². The number of rotatable bonds is 10. The van der Waals surface area contributed by atoms with Gasteiger partial charge >= 0.3 is 12.1 Å². The maximum absolute atomic E-state index is 13.7. The van der Waals surface area contributed by atoms with Crippen LogP contribution in [0.3, 0.4) is 0 Å². The van der Waals surface area contributed by atoms with Gasteiger partial charge in [-0.2, -0.15) is 13.2 Å². The third-order valence-electron chi connectivity index (χ3n) is 7.83. The summed E-state index contributed by atoms with van der Waals surface area (Å²) in [5, 5.41) is 0. The third-order valence-corrected chi connectivity index (χ3v) is 9.70. The van der Waals surface area contributed by atoms with Gasteiger partial charge in [0.05, 0.1) is 23.5 Å². The number of aryl methyl sites for hydroxylation is 2. The molecule has 2 aliphatic heterocycles. The van der Waals surface area contributed by atoms with Crippen molar-refractivity contribution in [3.05, 3.63) is 64.2 Å². The molecule has 1 saturated heterocycles. The summed E-state index contributed by atoms with van der Waals surface area (Å²) in [4.78, 5) is 43.0. The van der Waals surface area contributed by atoms with E-state index in [0.717, 1.165) is 23.3 Å². The second-order valence-corrected chi connectivity index (χ2v) is 14.5.